The maximum absolute atomic E-state index is 13.1. The maximum Gasteiger partial charge on any atom is 0.421 e. The third-order valence-electron chi connectivity index (χ3n) is 5.12. The van der Waals surface area contributed by atoms with Gasteiger partial charge in [-0.05, 0) is 33.6 Å². The van der Waals surface area contributed by atoms with Crippen LogP contribution in [0.4, 0.5) is 4.79 Å². The summed E-state index contributed by atoms with van der Waals surface area (Å²) in [6.45, 7) is 12.9. The fourth-order valence-corrected chi connectivity index (χ4v) is 3.45. The summed E-state index contributed by atoms with van der Waals surface area (Å²) >= 11 is 0. The molecular formula is C18H27N6O2+. The first kappa shape index (κ1) is 18.3. The molecular weight excluding hydrogens is 332 g/mol. The summed E-state index contributed by atoms with van der Waals surface area (Å²) < 4.78 is 3.70. The summed E-state index contributed by atoms with van der Waals surface area (Å²) in [7, 11) is 1.68. The standard InChI is InChI=1S/C18H27N6O2/c1-8-22-14-15(19-17(22)24-13(6)11(4)12(5)20-24)21(7)18(26)23(16(14)25)9-10(2)3/h10,14H,8-9H2,1-7H3/q+1. The molecule has 0 saturated carbocycles. The zero-order valence-electron chi connectivity index (χ0n) is 16.6. The second-order valence-electron chi connectivity index (χ2n) is 7.35. The summed E-state index contributed by atoms with van der Waals surface area (Å²) in [6.07, 6.45) is 0. The average Bonchev–Trinajstić information content (AvgIpc) is 3.09. The Morgan fingerprint density at radius 3 is 2.35 bits per heavy atom. The number of rotatable bonds is 3. The quantitative estimate of drug-likeness (QED) is 0.765. The van der Waals surface area contributed by atoms with Gasteiger partial charge in [0.2, 0.25) is 11.9 Å². The zero-order chi connectivity index (χ0) is 19.3. The highest BCUT2D eigenvalue weighted by atomic mass is 16.2. The lowest BCUT2D eigenvalue weighted by Gasteiger charge is -2.34. The summed E-state index contributed by atoms with van der Waals surface area (Å²) in [5.41, 5.74) is 3.01. The van der Waals surface area contributed by atoms with E-state index in [1.54, 1.807) is 11.7 Å². The fraction of sp³-hybridized carbons (Fsp3) is 0.611. The number of carbonyl (C=O) groups is 2. The van der Waals surface area contributed by atoms with Crippen molar-refractivity contribution in [1.29, 1.82) is 0 Å². The Morgan fingerprint density at radius 2 is 1.85 bits per heavy atom. The topological polar surface area (TPSA) is 73.8 Å². The second-order valence-corrected chi connectivity index (χ2v) is 7.35. The third-order valence-corrected chi connectivity index (χ3v) is 5.12. The Hall–Kier alpha value is -2.51. The Morgan fingerprint density at radius 1 is 1.19 bits per heavy atom. The van der Waals surface area contributed by atoms with Crippen molar-refractivity contribution in [3.8, 4) is 0 Å². The summed E-state index contributed by atoms with van der Waals surface area (Å²) in [5, 5.41) is 4.59. The van der Waals surface area contributed by atoms with Crippen molar-refractivity contribution in [2.75, 3.05) is 20.1 Å². The third kappa shape index (κ3) is 2.55. The molecule has 8 heteroatoms. The largest absolute Gasteiger partial charge is 0.421 e. The Balaban J connectivity index is 2.12. The molecule has 1 aromatic rings. The van der Waals surface area contributed by atoms with Gasteiger partial charge in [-0.1, -0.05) is 18.8 Å². The van der Waals surface area contributed by atoms with Crippen LogP contribution in [-0.4, -0.2) is 74.1 Å². The Labute approximate surface area is 153 Å². The molecule has 1 atom stereocenters. The van der Waals surface area contributed by atoms with Crippen LogP contribution in [0.25, 0.3) is 0 Å². The lowest BCUT2D eigenvalue weighted by atomic mass is 10.1. The van der Waals surface area contributed by atoms with E-state index >= 15 is 0 Å². The molecule has 0 aromatic carbocycles. The van der Waals surface area contributed by atoms with Gasteiger partial charge in [-0.15, -0.1) is 9.78 Å². The minimum Gasteiger partial charge on any atom is -0.270 e. The van der Waals surface area contributed by atoms with E-state index in [2.05, 4.69) is 10.1 Å². The molecule has 3 heterocycles. The minimum absolute atomic E-state index is 0.202. The van der Waals surface area contributed by atoms with E-state index in [-0.39, 0.29) is 17.9 Å². The molecule has 8 nitrogen and oxygen atoms in total. The normalized spacial score (nSPS) is 20.5. The van der Waals surface area contributed by atoms with Crippen molar-refractivity contribution in [3.05, 3.63) is 17.0 Å². The van der Waals surface area contributed by atoms with Crippen molar-refractivity contribution in [3.63, 3.8) is 0 Å². The van der Waals surface area contributed by atoms with Gasteiger partial charge in [0.05, 0.1) is 12.2 Å². The number of likely N-dealkylation sites (N-methyl/N-ethyl adjacent to an activating group) is 2. The van der Waals surface area contributed by atoms with Gasteiger partial charge in [0.25, 0.3) is 5.91 Å². The smallest absolute Gasteiger partial charge is 0.270 e. The van der Waals surface area contributed by atoms with E-state index in [0.29, 0.717) is 24.9 Å². The molecule has 1 saturated heterocycles. The number of hydrogen-bond acceptors (Lipinski definition) is 4. The van der Waals surface area contributed by atoms with E-state index in [1.807, 2.05) is 46.1 Å². The highest BCUT2D eigenvalue weighted by Gasteiger charge is 2.52. The number of aryl methyl sites for hydroxylation is 1. The van der Waals surface area contributed by atoms with E-state index in [1.165, 1.54) is 9.80 Å². The van der Waals surface area contributed by atoms with Crippen LogP contribution in [0.3, 0.4) is 0 Å². The predicted octanol–water partition coefficient (Wildman–Crippen LogP) is 1.38. The average molecular weight is 359 g/mol. The van der Waals surface area contributed by atoms with E-state index < -0.39 is 6.04 Å². The van der Waals surface area contributed by atoms with E-state index in [0.717, 1.165) is 17.0 Å². The van der Waals surface area contributed by atoms with Crippen molar-refractivity contribution >= 4 is 23.7 Å². The van der Waals surface area contributed by atoms with Crippen LogP contribution in [0.2, 0.25) is 0 Å². The van der Waals surface area contributed by atoms with Crippen molar-refractivity contribution < 1.29 is 14.2 Å². The van der Waals surface area contributed by atoms with Crippen molar-refractivity contribution in [2.45, 2.75) is 47.6 Å². The number of urea groups is 1. The number of aliphatic imine (C=N–C) groups is 1. The van der Waals surface area contributed by atoms with Crippen LogP contribution < -0.4 is 0 Å². The van der Waals surface area contributed by atoms with Gasteiger partial charge in [0, 0.05) is 19.2 Å². The Kier molecular flexibility index (Phi) is 4.46. The molecule has 0 N–H and O–H groups in total. The lowest BCUT2D eigenvalue weighted by molar-refractivity contribution is -0.534. The molecule has 0 radical (unpaired) electrons. The minimum atomic E-state index is -0.583. The molecule has 1 unspecified atom stereocenters. The van der Waals surface area contributed by atoms with Gasteiger partial charge in [-0.2, -0.15) is 0 Å². The number of amides is 3. The number of nitrogens with zero attached hydrogens (tertiary/aromatic N) is 6. The van der Waals surface area contributed by atoms with Gasteiger partial charge < -0.3 is 0 Å². The molecule has 26 heavy (non-hydrogen) atoms. The zero-order valence-corrected chi connectivity index (χ0v) is 16.6. The molecule has 0 aliphatic carbocycles. The predicted molar refractivity (Wildman–Crippen MR) is 98.6 cm³/mol. The fourth-order valence-electron chi connectivity index (χ4n) is 3.45. The maximum atomic E-state index is 13.1. The van der Waals surface area contributed by atoms with Gasteiger partial charge in [0.15, 0.2) is 0 Å². The van der Waals surface area contributed by atoms with Crippen molar-refractivity contribution in [2.24, 2.45) is 10.9 Å². The van der Waals surface area contributed by atoms with Crippen LogP contribution in [0.5, 0.6) is 0 Å². The number of carbonyl (C=O) groups excluding carboxylic acids is 2. The first-order valence-corrected chi connectivity index (χ1v) is 9.03. The van der Waals surface area contributed by atoms with E-state index in [4.69, 9.17) is 0 Å². The first-order chi connectivity index (χ1) is 12.2. The molecule has 3 rings (SSSR count). The molecule has 1 fully saturated rings. The molecule has 3 amide bonds. The summed E-state index contributed by atoms with van der Waals surface area (Å²) in [5.74, 6) is 1.06. The number of fused-ring (bicyclic) bond motifs is 1. The van der Waals surface area contributed by atoms with Gasteiger partial charge in [-0.25, -0.2) is 9.37 Å². The highest BCUT2D eigenvalue weighted by molar-refractivity contribution is 6.23. The molecule has 140 valence electrons. The molecule has 0 spiro atoms. The number of amidine groups is 1. The summed E-state index contributed by atoms with van der Waals surface area (Å²) in [4.78, 5) is 33.3. The monoisotopic (exact) mass is 359 g/mol. The first-order valence-electron chi connectivity index (χ1n) is 9.03. The highest BCUT2D eigenvalue weighted by Crippen LogP contribution is 2.22. The number of hydrogen-bond donors (Lipinski definition) is 0. The van der Waals surface area contributed by atoms with E-state index in [9.17, 15) is 9.59 Å². The molecule has 0 bridgehead atoms. The van der Waals surface area contributed by atoms with Gasteiger partial charge in [-0.3, -0.25) is 14.6 Å². The molecule has 2 aliphatic rings. The number of imide groups is 1. The Bertz CT molecular complexity index is 848. The van der Waals surface area contributed by atoms with Crippen LogP contribution in [-0.2, 0) is 4.79 Å². The van der Waals surface area contributed by atoms with Gasteiger partial charge in [0.1, 0.15) is 5.69 Å². The molecule has 1 aromatic heterocycles. The SMILES string of the molecule is CC[N+]1=C(n2nc(C)c(C)c2C)N=C2C1C(=O)N(CC(C)C)C(=O)N2C. The second kappa shape index (κ2) is 6.34. The van der Waals surface area contributed by atoms with Crippen LogP contribution >= 0.6 is 0 Å². The van der Waals surface area contributed by atoms with Crippen LogP contribution in [0, 0.1) is 26.7 Å². The van der Waals surface area contributed by atoms with Crippen molar-refractivity contribution in [1.82, 2.24) is 19.6 Å². The number of aromatic nitrogens is 2. The summed E-state index contributed by atoms with van der Waals surface area (Å²) in [6, 6.07) is -0.902. The van der Waals surface area contributed by atoms with Gasteiger partial charge >= 0.3 is 12.0 Å². The van der Waals surface area contributed by atoms with Crippen LogP contribution in [0.15, 0.2) is 4.99 Å². The van der Waals surface area contributed by atoms with Crippen LogP contribution in [0.1, 0.15) is 37.7 Å². The lowest BCUT2D eigenvalue weighted by Crippen LogP contribution is -2.63. The molecule has 2 aliphatic heterocycles.